The Labute approximate surface area is 179 Å². The van der Waals surface area contributed by atoms with Gasteiger partial charge in [-0.05, 0) is 36.1 Å². The molecule has 0 aliphatic heterocycles. The molecule has 0 bridgehead atoms. The van der Waals surface area contributed by atoms with Crippen molar-refractivity contribution in [1.82, 2.24) is 10.6 Å². The summed E-state index contributed by atoms with van der Waals surface area (Å²) in [4.78, 5) is 4.27. The summed E-state index contributed by atoms with van der Waals surface area (Å²) in [6, 6.07) is 18.6. The molecule has 0 saturated carbocycles. The van der Waals surface area contributed by atoms with E-state index in [4.69, 9.17) is 9.47 Å². The number of ether oxygens (including phenoxy) is 2. The number of methoxy groups -OCH3 is 1. The van der Waals surface area contributed by atoms with Crippen LogP contribution in [0.15, 0.2) is 59.6 Å². The topological polar surface area (TPSA) is 54.9 Å². The van der Waals surface area contributed by atoms with E-state index < -0.39 is 0 Å². The van der Waals surface area contributed by atoms with Crippen LogP contribution in [-0.2, 0) is 17.7 Å². The number of benzene rings is 2. The summed E-state index contributed by atoms with van der Waals surface area (Å²) in [5.41, 5.74) is 2.54. The molecule has 6 heteroatoms. The fourth-order valence-electron chi connectivity index (χ4n) is 2.50. The molecule has 0 aromatic heterocycles. The van der Waals surface area contributed by atoms with Gasteiger partial charge in [-0.2, -0.15) is 0 Å². The first kappa shape index (κ1) is 23.2. The van der Waals surface area contributed by atoms with Gasteiger partial charge in [-0.3, -0.25) is 4.99 Å². The van der Waals surface area contributed by atoms with Gasteiger partial charge in [-0.1, -0.05) is 42.5 Å². The Balaban J connectivity index is 0.00000364. The average molecular weight is 483 g/mol. The summed E-state index contributed by atoms with van der Waals surface area (Å²) in [5, 5.41) is 6.69. The van der Waals surface area contributed by atoms with Crippen LogP contribution in [0.3, 0.4) is 0 Å². The van der Waals surface area contributed by atoms with E-state index in [0.717, 1.165) is 37.6 Å². The molecule has 0 saturated heterocycles. The van der Waals surface area contributed by atoms with E-state index in [1.807, 2.05) is 18.2 Å². The molecule has 148 valence electrons. The number of aryl methyl sites for hydroxylation is 1. The first-order valence-corrected chi connectivity index (χ1v) is 9.01. The third kappa shape index (κ3) is 9.63. The van der Waals surface area contributed by atoms with E-state index in [0.29, 0.717) is 13.2 Å². The summed E-state index contributed by atoms with van der Waals surface area (Å²) in [6.07, 6.45) is 2.13. The Morgan fingerprint density at radius 3 is 2.33 bits per heavy atom. The molecular formula is C21H30IN3O2. The molecule has 0 atom stereocenters. The molecule has 5 nitrogen and oxygen atoms in total. The van der Waals surface area contributed by atoms with Gasteiger partial charge in [0.15, 0.2) is 5.96 Å². The minimum absolute atomic E-state index is 0. The lowest BCUT2D eigenvalue weighted by Crippen LogP contribution is -2.37. The van der Waals surface area contributed by atoms with Crippen molar-refractivity contribution in [3.63, 3.8) is 0 Å². The predicted octanol–water partition coefficient (Wildman–Crippen LogP) is 3.63. The fourth-order valence-corrected chi connectivity index (χ4v) is 2.50. The van der Waals surface area contributed by atoms with Crippen LogP contribution in [0.25, 0.3) is 0 Å². The highest BCUT2D eigenvalue weighted by atomic mass is 127. The van der Waals surface area contributed by atoms with Crippen molar-refractivity contribution in [2.24, 2.45) is 4.99 Å². The second-order valence-corrected chi connectivity index (χ2v) is 5.93. The lowest BCUT2D eigenvalue weighted by atomic mass is 10.1. The molecule has 0 spiro atoms. The average Bonchev–Trinajstić information content (AvgIpc) is 2.69. The van der Waals surface area contributed by atoms with Crippen molar-refractivity contribution >= 4 is 29.9 Å². The van der Waals surface area contributed by atoms with E-state index in [-0.39, 0.29) is 24.0 Å². The number of hydrogen-bond donors (Lipinski definition) is 2. The number of nitrogens with zero attached hydrogens (tertiary/aromatic N) is 1. The maximum atomic E-state index is 5.57. The van der Waals surface area contributed by atoms with Crippen LogP contribution in [-0.4, -0.2) is 39.9 Å². The normalized spacial score (nSPS) is 10.8. The van der Waals surface area contributed by atoms with Crippen molar-refractivity contribution in [2.45, 2.75) is 19.4 Å². The summed E-state index contributed by atoms with van der Waals surface area (Å²) in [6.45, 7) is 2.76. The Morgan fingerprint density at radius 1 is 0.926 bits per heavy atom. The van der Waals surface area contributed by atoms with Crippen molar-refractivity contribution < 1.29 is 9.47 Å². The van der Waals surface area contributed by atoms with Crippen LogP contribution in [0.1, 0.15) is 17.5 Å². The number of rotatable bonds is 10. The van der Waals surface area contributed by atoms with Gasteiger partial charge < -0.3 is 20.1 Å². The van der Waals surface area contributed by atoms with E-state index in [9.17, 15) is 0 Å². The molecule has 0 heterocycles. The molecule has 2 aromatic rings. The Hall–Kier alpha value is -1.80. The molecular weight excluding hydrogens is 453 g/mol. The molecule has 2 N–H and O–H groups in total. The largest absolute Gasteiger partial charge is 0.491 e. The fraction of sp³-hybridized carbons (Fsp3) is 0.381. The van der Waals surface area contributed by atoms with Crippen molar-refractivity contribution in [1.29, 1.82) is 0 Å². The SMILES string of the molecule is CN=C(NCCCc1ccccc1)NCc1ccc(OCCOC)cc1.I. The van der Waals surface area contributed by atoms with Gasteiger partial charge >= 0.3 is 0 Å². The highest BCUT2D eigenvalue weighted by Crippen LogP contribution is 2.12. The lowest BCUT2D eigenvalue weighted by molar-refractivity contribution is 0.146. The molecule has 2 aromatic carbocycles. The summed E-state index contributed by atoms with van der Waals surface area (Å²) < 4.78 is 10.5. The van der Waals surface area contributed by atoms with Gasteiger partial charge in [-0.15, -0.1) is 24.0 Å². The smallest absolute Gasteiger partial charge is 0.191 e. The molecule has 0 fully saturated rings. The van der Waals surface area contributed by atoms with Crippen molar-refractivity contribution in [3.05, 3.63) is 65.7 Å². The lowest BCUT2D eigenvalue weighted by Gasteiger charge is -2.12. The van der Waals surface area contributed by atoms with E-state index in [1.54, 1.807) is 14.2 Å². The Kier molecular flexibility index (Phi) is 12.3. The van der Waals surface area contributed by atoms with Crippen molar-refractivity contribution in [2.75, 3.05) is 33.9 Å². The van der Waals surface area contributed by atoms with E-state index in [1.165, 1.54) is 11.1 Å². The molecule has 2 rings (SSSR count). The number of guanidine groups is 1. The zero-order valence-electron chi connectivity index (χ0n) is 16.1. The van der Waals surface area contributed by atoms with Crippen LogP contribution in [0.2, 0.25) is 0 Å². The van der Waals surface area contributed by atoms with Gasteiger partial charge in [0.2, 0.25) is 0 Å². The standard InChI is InChI=1S/C21H29N3O2.HI/c1-22-21(23-14-6-9-18-7-4-3-5-8-18)24-17-19-10-12-20(13-11-19)26-16-15-25-2;/h3-5,7-8,10-13H,6,9,14-17H2,1-2H3,(H2,22,23,24);1H. The zero-order chi connectivity index (χ0) is 18.5. The van der Waals surface area contributed by atoms with Gasteiger partial charge in [0.1, 0.15) is 12.4 Å². The van der Waals surface area contributed by atoms with Crippen LogP contribution in [0, 0.1) is 0 Å². The highest BCUT2D eigenvalue weighted by molar-refractivity contribution is 14.0. The van der Waals surface area contributed by atoms with Crippen LogP contribution in [0.4, 0.5) is 0 Å². The Morgan fingerprint density at radius 2 is 1.67 bits per heavy atom. The monoisotopic (exact) mass is 483 g/mol. The predicted molar refractivity (Wildman–Crippen MR) is 122 cm³/mol. The van der Waals surface area contributed by atoms with E-state index >= 15 is 0 Å². The number of nitrogens with one attached hydrogen (secondary N) is 2. The molecule has 0 radical (unpaired) electrons. The summed E-state index contributed by atoms with van der Waals surface area (Å²) in [7, 11) is 3.46. The summed E-state index contributed by atoms with van der Waals surface area (Å²) >= 11 is 0. The molecule has 0 aliphatic rings. The Bertz CT molecular complexity index is 648. The molecule has 0 unspecified atom stereocenters. The first-order valence-electron chi connectivity index (χ1n) is 9.01. The third-order valence-corrected chi connectivity index (χ3v) is 3.94. The quantitative estimate of drug-likeness (QED) is 0.235. The number of halogens is 1. The summed E-state index contributed by atoms with van der Waals surface area (Å²) in [5.74, 6) is 1.67. The highest BCUT2D eigenvalue weighted by Gasteiger charge is 2.00. The van der Waals surface area contributed by atoms with Crippen LogP contribution >= 0.6 is 24.0 Å². The second kappa shape index (κ2) is 14.3. The van der Waals surface area contributed by atoms with Gasteiger partial charge in [0, 0.05) is 27.2 Å². The number of hydrogen-bond acceptors (Lipinski definition) is 3. The van der Waals surface area contributed by atoms with Crippen LogP contribution < -0.4 is 15.4 Å². The minimum Gasteiger partial charge on any atom is -0.491 e. The minimum atomic E-state index is 0. The maximum Gasteiger partial charge on any atom is 0.191 e. The van der Waals surface area contributed by atoms with E-state index in [2.05, 4.69) is 52.0 Å². The molecule has 0 amide bonds. The molecule has 27 heavy (non-hydrogen) atoms. The second-order valence-electron chi connectivity index (χ2n) is 5.93. The van der Waals surface area contributed by atoms with Crippen molar-refractivity contribution in [3.8, 4) is 5.75 Å². The van der Waals surface area contributed by atoms with Gasteiger partial charge in [0.05, 0.1) is 6.61 Å². The van der Waals surface area contributed by atoms with Crippen LogP contribution in [0.5, 0.6) is 5.75 Å². The van der Waals surface area contributed by atoms with Gasteiger partial charge in [0.25, 0.3) is 0 Å². The van der Waals surface area contributed by atoms with Gasteiger partial charge in [-0.25, -0.2) is 0 Å². The first-order chi connectivity index (χ1) is 12.8. The zero-order valence-corrected chi connectivity index (χ0v) is 18.4. The maximum absolute atomic E-state index is 5.57. The molecule has 0 aliphatic carbocycles. The third-order valence-electron chi connectivity index (χ3n) is 3.94. The number of aliphatic imine (C=N–C) groups is 1.